The van der Waals surface area contributed by atoms with Gasteiger partial charge in [0, 0.05) is 12.7 Å². The fourth-order valence-electron chi connectivity index (χ4n) is 2.36. The normalized spacial score (nSPS) is 16.6. The van der Waals surface area contributed by atoms with Gasteiger partial charge in [0.25, 0.3) is 0 Å². The molecule has 1 N–H and O–H groups in total. The van der Waals surface area contributed by atoms with Crippen LogP contribution >= 0.6 is 15.9 Å². The molecule has 3 heteroatoms. The molecular weight excluding hydrogens is 264 g/mol. The van der Waals surface area contributed by atoms with Crippen molar-refractivity contribution in [1.29, 1.82) is 0 Å². The molecule has 1 aliphatic carbocycles. The van der Waals surface area contributed by atoms with Crippen molar-refractivity contribution in [2.75, 3.05) is 11.9 Å². The standard InChI is InChI=1S/C13H19BrN2/c1-10-8-12(14)13(16-9-10)15-7-6-11-4-2-3-5-11/h8-9,11H,2-7H2,1H3,(H,15,16). The second-order valence-corrected chi connectivity index (χ2v) is 5.56. The summed E-state index contributed by atoms with van der Waals surface area (Å²) in [5, 5.41) is 3.41. The van der Waals surface area contributed by atoms with Gasteiger partial charge in [-0.1, -0.05) is 25.7 Å². The van der Waals surface area contributed by atoms with E-state index >= 15 is 0 Å². The lowest BCUT2D eigenvalue weighted by Gasteiger charge is -2.11. The summed E-state index contributed by atoms with van der Waals surface area (Å²) in [7, 11) is 0. The predicted octanol–water partition coefficient (Wildman–Crippen LogP) is 4.14. The van der Waals surface area contributed by atoms with Crippen molar-refractivity contribution >= 4 is 21.7 Å². The highest BCUT2D eigenvalue weighted by molar-refractivity contribution is 9.10. The lowest BCUT2D eigenvalue weighted by Crippen LogP contribution is -2.08. The Hall–Kier alpha value is -0.570. The van der Waals surface area contributed by atoms with Gasteiger partial charge in [0.1, 0.15) is 5.82 Å². The molecule has 0 amide bonds. The fourth-order valence-corrected chi connectivity index (χ4v) is 2.96. The first-order valence-corrected chi connectivity index (χ1v) is 6.91. The third-order valence-corrected chi connectivity index (χ3v) is 3.90. The zero-order chi connectivity index (χ0) is 11.4. The number of aromatic nitrogens is 1. The molecule has 0 spiro atoms. The summed E-state index contributed by atoms with van der Waals surface area (Å²) in [5.41, 5.74) is 1.19. The number of nitrogens with zero attached hydrogens (tertiary/aromatic N) is 1. The Morgan fingerprint density at radius 2 is 2.19 bits per heavy atom. The molecule has 0 atom stereocenters. The van der Waals surface area contributed by atoms with Crippen molar-refractivity contribution in [1.82, 2.24) is 4.98 Å². The van der Waals surface area contributed by atoms with Gasteiger partial charge in [-0.25, -0.2) is 4.98 Å². The molecule has 0 aliphatic heterocycles. The first kappa shape index (κ1) is 11.9. The van der Waals surface area contributed by atoms with Crippen LogP contribution in [0.1, 0.15) is 37.7 Å². The summed E-state index contributed by atoms with van der Waals surface area (Å²) < 4.78 is 1.07. The van der Waals surface area contributed by atoms with Crippen molar-refractivity contribution in [2.45, 2.75) is 39.0 Å². The van der Waals surface area contributed by atoms with Crippen LogP contribution in [0, 0.1) is 12.8 Å². The molecule has 1 aromatic heterocycles. The second kappa shape index (κ2) is 5.67. The molecule has 88 valence electrons. The van der Waals surface area contributed by atoms with Gasteiger partial charge >= 0.3 is 0 Å². The van der Waals surface area contributed by atoms with Gasteiger partial charge in [-0.3, -0.25) is 0 Å². The van der Waals surface area contributed by atoms with E-state index in [4.69, 9.17) is 0 Å². The van der Waals surface area contributed by atoms with Crippen LogP contribution in [-0.2, 0) is 0 Å². The number of anilines is 1. The highest BCUT2D eigenvalue weighted by atomic mass is 79.9. The van der Waals surface area contributed by atoms with Crippen molar-refractivity contribution in [2.24, 2.45) is 5.92 Å². The lowest BCUT2D eigenvalue weighted by atomic mass is 10.0. The number of rotatable bonds is 4. The van der Waals surface area contributed by atoms with E-state index in [-0.39, 0.29) is 0 Å². The summed E-state index contributed by atoms with van der Waals surface area (Å²) in [6.07, 6.45) is 8.88. The number of aryl methyl sites for hydroxylation is 1. The van der Waals surface area contributed by atoms with E-state index in [9.17, 15) is 0 Å². The zero-order valence-corrected chi connectivity index (χ0v) is 11.4. The molecule has 0 saturated heterocycles. The van der Waals surface area contributed by atoms with Crippen LogP contribution in [-0.4, -0.2) is 11.5 Å². The molecule has 0 unspecified atom stereocenters. The number of halogens is 1. The maximum absolute atomic E-state index is 4.38. The number of pyridine rings is 1. The van der Waals surface area contributed by atoms with Gasteiger partial charge in [-0.15, -0.1) is 0 Å². The van der Waals surface area contributed by atoms with Crippen LogP contribution in [0.2, 0.25) is 0 Å². The molecule has 0 aromatic carbocycles. The predicted molar refractivity (Wildman–Crippen MR) is 71.7 cm³/mol. The summed E-state index contributed by atoms with van der Waals surface area (Å²) >= 11 is 3.54. The van der Waals surface area contributed by atoms with Crippen molar-refractivity contribution in [3.63, 3.8) is 0 Å². The topological polar surface area (TPSA) is 24.9 Å². The highest BCUT2D eigenvalue weighted by Gasteiger charge is 2.14. The van der Waals surface area contributed by atoms with Crippen molar-refractivity contribution in [3.8, 4) is 0 Å². The minimum atomic E-state index is 0.941. The Kier molecular flexibility index (Phi) is 4.22. The third-order valence-electron chi connectivity index (χ3n) is 3.30. The van der Waals surface area contributed by atoms with Crippen LogP contribution in [0.25, 0.3) is 0 Å². The third kappa shape index (κ3) is 3.21. The quantitative estimate of drug-likeness (QED) is 0.898. The maximum atomic E-state index is 4.38. The fraction of sp³-hybridized carbons (Fsp3) is 0.615. The van der Waals surface area contributed by atoms with E-state index in [0.29, 0.717) is 0 Å². The molecular formula is C13H19BrN2. The summed E-state index contributed by atoms with van der Waals surface area (Å²) in [4.78, 5) is 4.38. The zero-order valence-electron chi connectivity index (χ0n) is 9.80. The summed E-state index contributed by atoms with van der Waals surface area (Å²) in [6.45, 7) is 3.10. The van der Waals surface area contributed by atoms with E-state index < -0.39 is 0 Å². The van der Waals surface area contributed by atoms with Crippen LogP contribution in [0.3, 0.4) is 0 Å². The SMILES string of the molecule is Cc1cnc(NCCC2CCCC2)c(Br)c1. The largest absolute Gasteiger partial charge is 0.369 e. The minimum absolute atomic E-state index is 0.941. The number of hydrogen-bond donors (Lipinski definition) is 1. The van der Waals surface area contributed by atoms with Crippen molar-refractivity contribution in [3.05, 3.63) is 22.3 Å². The summed E-state index contributed by atoms with van der Waals surface area (Å²) in [5.74, 6) is 1.92. The number of hydrogen-bond acceptors (Lipinski definition) is 2. The van der Waals surface area contributed by atoms with Crippen LogP contribution in [0.5, 0.6) is 0 Å². The molecule has 1 heterocycles. The van der Waals surface area contributed by atoms with Crippen molar-refractivity contribution < 1.29 is 0 Å². The van der Waals surface area contributed by atoms with Gasteiger partial charge in [0.15, 0.2) is 0 Å². The van der Waals surface area contributed by atoms with Gasteiger partial charge in [-0.2, -0.15) is 0 Å². The van der Waals surface area contributed by atoms with Gasteiger partial charge < -0.3 is 5.32 Å². The Bertz CT molecular complexity index is 346. The Morgan fingerprint density at radius 3 is 2.88 bits per heavy atom. The molecule has 16 heavy (non-hydrogen) atoms. The van der Waals surface area contributed by atoms with E-state index in [1.807, 2.05) is 6.20 Å². The highest BCUT2D eigenvalue weighted by Crippen LogP contribution is 2.27. The molecule has 1 fully saturated rings. The molecule has 0 bridgehead atoms. The monoisotopic (exact) mass is 282 g/mol. The first-order valence-electron chi connectivity index (χ1n) is 6.12. The molecule has 1 aliphatic rings. The van der Waals surface area contributed by atoms with E-state index in [0.717, 1.165) is 22.8 Å². The smallest absolute Gasteiger partial charge is 0.140 e. The Morgan fingerprint density at radius 1 is 1.44 bits per heavy atom. The molecule has 1 aromatic rings. The van der Waals surface area contributed by atoms with Crippen LogP contribution in [0.4, 0.5) is 5.82 Å². The average molecular weight is 283 g/mol. The van der Waals surface area contributed by atoms with E-state index in [1.165, 1.54) is 37.7 Å². The molecule has 0 radical (unpaired) electrons. The number of nitrogens with one attached hydrogen (secondary N) is 1. The van der Waals surface area contributed by atoms with E-state index in [2.05, 4.69) is 39.2 Å². The Balaban J connectivity index is 1.80. The lowest BCUT2D eigenvalue weighted by molar-refractivity contribution is 0.518. The molecule has 2 rings (SSSR count). The summed E-state index contributed by atoms with van der Waals surface area (Å²) in [6, 6.07) is 2.10. The minimum Gasteiger partial charge on any atom is -0.369 e. The average Bonchev–Trinajstić information content (AvgIpc) is 2.74. The van der Waals surface area contributed by atoms with E-state index in [1.54, 1.807) is 0 Å². The maximum Gasteiger partial charge on any atom is 0.140 e. The first-order chi connectivity index (χ1) is 7.75. The Labute approximate surface area is 106 Å². The van der Waals surface area contributed by atoms with Crippen LogP contribution < -0.4 is 5.32 Å². The second-order valence-electron chi connectivity index (χ2n) is 4.71. The van der Waals surface area contributed by atoms with Crippen LogP contribution in [0.15, 0.2) is 16.7 Å². The van der Waals surface area contributed by atoms with Gasteiger partial charge in [-0.05, 0) is 46.8 Å². The van der Waals surface area contributed by atoms with Gasteiger partial charge in [0.2, 0.25) is 0 Å². The molecule has 1 saturated carbocycles. The molecule has 2 nitrogen and oxygen atoms in total. The van der Waals surface area contributed by atoms with Gasteiger partial charge in [0.05, 0.1) is 4.47 Å².